The van der Waals surface area contributed by atoms with Crippen LogP contribution < -0.4 is 0 Å². The Labute approximate surface area is 158 Å². The number of carbonyl (C=O) groups excluding carboxylic acids is 1. The van der Waals surface area contributed by atoms with Crippen molar-refractivity contribution in [2.75, 3.05) is 0 Å². The van der Waals surface area contributed by atoms with Crippen molar-refractivity contribution < 1.29 is 13.6 Å². The molecule has 0 atom stereocenters. The summed E-state index contributed by atoms with van der Waals surface area (Å²) in [6, 6.07) is 7.64. The number of H-pyrrole nitrogens is 1. The highest BCUT2D eigenvalue weighted by Gasteiger charge is 2.20. The molecule has 1 heterocycles. The molecule has 134 valence electrons. The maximum absolute atomic E-state index is 13.5. The maximum atomic E-state index is 13.5. The van der Waals surface area contributed by atoms with Crippen molar-refractivity contribution in [3.05, 3.63) is 87.2 Å². The van der Waals surface area contributed by atoms with Crippen LogP contribution in [0.15, 0.2) is 48.8 Å². The van der Waals surface area contributed by atoms with E-state index < -0.39 is 17.5 Å². The van der Waals surface area contributed by atoms with Crippen molar-refractivity contribution in [3.8, 4) is 0 Å². The first-order chi connectivity index (χ1) is 12.4. The van der Waals surface area contributed by atoms with Crippen molar-refractivity contribution >= 4 is 29.1 Å². The summed E-state index contributed by atoms with van der Waals surface area (Å²) in [7, 11) is 0. The van der Waals surface area contributed by atoms with Gasteiger partial charge in [0.25, 0.3) is 5.91 Å². The molecule has 1 N–H and O–H groups in total. The van der Waals surface area contributed by atoms with Gasteiger partial charge >= 0.3 is 0 Å². The van der Waals surface area contributed by atoms with Gasteiger partial charge in [0.2, 0.25) is 0 Å². The zero-order chi connectivity index (χ0) is 18.7. The van der Waals surface area contributed by atoms with Crippen molar-refractivity contribution in [1.29, 1.82) is 0 Å². The van der Waals surface area contributed by atoms with Crippen LogP contribution in [-0.2, 0) is 13.1 Å². The van der Waals surface area contributed by atoms with Gasteiger partial charge in [0.1, 0.15) is 11.6 Å². The zero-order valence-corrected chi connectivity index (χ0v) is 14.9. The zero-order valence-electron chi connectivity index (χ0n) is 13.3. The molecule has 1 aromatic heterocycles. The molecule has 1 amide bonds. The Bertz CT molecular complexity index is 912. The first kappa shape index (κ1) is 18.4. The number of halogens is 4. The lowest BCUT2D eigenvalue weighted by atomic mass is 10.1. The average molecular weight is 396 g/mol. The minimum Gasteiger partial charge on any atom is -0.330 e. The number of amides is 1. The van der Waals surface area contributed by atoms with E-state index >= 15 is 0 Å². The van der Waals surface area contributed by atoms with Crippen molar-refractivity contribution in [3.63, 3.8) is 0 Å². The highest BCUT2D eigenvalue weighted by atomic mass is 35.5. The molecule has 0 unspecified atom stereocenters. The predicted octanol–water partition coefficient (Wildman–Crippen LogP) is 4.84. The lowest BCUT2D eigenvalue weighted by Crippen LogP contribution is -2.30. The average Bonchev–Trinajstić information content (AvgIpc) is 3.08. The van der Waals surface area contributed by atoms with E-state index in [0.717, 1.165) is 17.7 Å². The molecule has 3 aromatic rings. The fourth-order valence-corrected chi connectivity index (χ4v) is 2.97. The molecule has 8 heteroatoms. The number of benzene rings is 2. The molecule has 3 rings (SSSR count). The third-order valence-corrected chi connectivity index (χ3v) is 4.29. The van der Waals surface area contributed by atoms with Crippen LogP contribution in [0, 0.1) is 11.6 Å². The molecule has 0 saturated carbocycles. The largest absolute Gasteiger partial charge is 0.330 e. The molecule has 4 nitrogen and oxygen atoms in total. The van der Waals surface area contributed by atoms with E-state index in [-0.39, 0.29) is 18.7 Å². The van der Waals surface area contributed by atoms with Gasteiger partial charge in [0.15, 0.2) is 0 Å². The van der Waals surface area contributed by atoms with E-state index in [1.54, 1.807) is 30.6 Å². The highest BCUT2D eigenvalue weighted by Crippen LogP contribution is 2.24. The number of hydrogen-bond donors (Lipinski definition) is 1. The van der Waals surface area contributed by atoms with E-state index in [1.807, 2.05) is 0 Å². The van der Waals surface area contributed by atoms with Gasteiger partial charge in [-0.25, -0.2) is 8.78 Å². The van der Waals surface area contributed by atoms with E-state index in [9.17, 15) is 13.6 Å². The Balaban J connectivity index is 1.93. The van der Waals surface area contributed by atoms with Gasteiger partial charge in [-0.15, -0.1) is 0 Å². The molecular formula is C18H13Cl2F2N3O. The van der Waals surface area contributed by atoms with Gasteiger partial charge in [-0.1, -0.05) is 29.3 Å². The molecular weight excluding hydrogens is 383 g/mol. The molecule has 0 aliphatic rings. The van der Waals surface area contributed by atoms with Gasteiger partial charge in [0.05, 0.1) is 6.20 Å². The predicted molar refractivity (Wildman–Crippen MR) is 95.0 cm³/mol. The number of hydrogen-bond acceptors (Lipinski definition) is 2. The molecule has 2 aromatic carbocycles. The molecule has 26 heavy (non-hydrogen) atoms. The minimum atomic E-state index is -0.818. The van der Waals surface area contributed by atoms with E-state index in [1.165, 1.54) is 4.90 Å². The van der Waals surface area contributed by atoms with E-state index in [0.29, 0.717) is 21.7 Å². The van der Waals surface area contributed by atoms with Gasteiger partial charge in [0, 0.05) is 46.5 Å². The molecule has 0 spiro atoms. The summed E-state index contributed by atoms with van der Waals surface area (Å²) in [5, 5.41) is 7.38. The summed E-state index contributed by atoms with van der Waals surface area (Å²) < 4.78 is 27.0. The summed E-state index contributed by atoms with van der Waals surface area (Å²) in [6.45, 7) is 0.324. The van der Waals surface area contributed by atoms with Crippen LogP contribution in [0.1, 0.15) is 21.5 Å². The van der Waals surface area contributed by atoms with Crippen molar-refractivity contribution in [2.24, 2.45) is 0 Å². The second-order valence-corrected chi connectivity index (χ2v) is 6.51. The summed E-state index contributed by atoms with van der Waals surface area (Å²) in [4.78, 5) is 14.3. The van der Waals surface area contributed by atoms with Crippen LogP contribution in [0.25, 0.3) is 0 Å². The standard InChI is InChI=1S/C18H13Cl2F2N3O/c19-14-2-1-12(17(20)5-14)10-25(9-11-7-23-24-8-11)18(26)13-3-15(21)6-16(22)4-13/h1-8H,9-10H2,(H,23,24). The van der Waals surface area contributed by atoms with Gasteiger partial charge in [-0.05, 0) is 29.8 Å². The normalized spacial score (nSPS) is 10.8. The first-order valence-corrected chi connectivity index (χ1v) is 8.35. The van der Waals surface area contributed by atoms with E-state index in [2.05, 4.69) is 10.2 Å². The third kappa shape index (κ3) is 4.39. The van der Waals surface area contributed by atoms with Gasteiger partial charge in [-0.3, -0.25) is 9.89 Å². The molecule has 0 aliphatic heterocycles. The number of nitrogens with zero attached hydrogens (tertiary/aromatic N) is 2. The van der Waals surface area contributed by atoms with Crippen LogP contribution in [0.3, 0.4) is 0 Å². The maximum Gasteiger partial charge on any atom is 0.254 e. The van der Waals surface area contributed by atoms with Crippen molar-refractivity contribution in [1.82, 2.24) is 15.1 Å². The quantitative estimate of drug-likeness (QED) is 0.671. The fourth-order valence-electron chi connectivity index (χ4n) is 2.50. The van der Waals surface area contributed by atoms with Crippen LogP contribution in [-0.4, -0.2) is 21.0 Å². The summed E-state index contributed by atoms with van der Waals surface area (Å²) in [5.74, 6) is -2.17. The second kappa shape index (κ2) is 7.85. The smallest absolute Gasteiger partial charge is 0.254 e. The first-order valence-electron chi connectivity index (χ1n) is 7.59. The lowest BCUT2D eigenvalue weighted by molar-refractivity contribution is 0.0729. The van der Waals surface area contributed by atoms with Gasteiger partial charge in [-0.2, -0.15) is 5.10 Å². The SMILES string of the molecule is O=C(c1cc(F)cc(F)c1)N(Cc1cn[nH]c1)Cc1ccc(Cl)cc1Cl. The molecule has 0 bridgehead atoms. The minimum absolute atomic E-state index is 0.0870. The van der Waals surface area contributed by atoms with Crippen LogP contribution >= 0.6 is 23.2 Å². The fraction of sp³-hybridized carbons (Fsp3) is 0.111. The summed E-state index contributed by atoms with van der Waals surface area (Å²) in [6.07, 6.45) is 3.20. The van der Waals surface area contributed by atoms with Crippen LogP contribution in [0.5, 0.6) is 0 Å². The summed E-state index contributed by atoms with van der Waals surface area (Å²) >= 11 is 12.1. The van der Waals surface area contributed by atoms with Crippen molar-refractivity contribution in [2.45, 2.75) is 13.1 Å². The molecule has 0 aliphatic carbocycles. The second-order valence-electron chi connectivity index (χ2n) is 5.66. The number of aromatic nitrogens is 2. The van der Waals surface area contributed by atoms with E-state index in [4.69, 9.17) is 23.2 Å². The third-order valence-electron chi connectivity index (χ3n) is 3.70. The Morgan fingerprint density at radius 2 is 1.81 bits per heavy atom. The number of carbonyl (C=O) groups is 1. The number of rotatable bonds is 5. The highest BCUT2D eigenvalue weighted by molar-refractivity contribution is 6.35. The Morgan fingerprint density at radius 3 is 2.42 bits per heavy atom. The summed E-state index contributed by atoms with van der Waals surface area (Å²) in [5.41, 5.74) is 1.31. The number of aromatic amines is 1. The number of nitrogens with one attached hydrogen (secondary N) is 1. The Kier molecular flexibility index (Phi) is 5.54. The topological polar surface area (TPSA) is 49.0 Å². The van der Waals surface area contributed by atoms with Crippen LogP contribution in [0.4, 0.5) is 8.78 Å². The molecule has 0 fully saturated rings. The Morgan fingerprint density at radius 1 is 1.08 bits per heavy atom. The van der Waals surface area contributed by atoms with Gasteiger partial charge < -0.3 is 4.90 Å². The molecule has 0 saturated heterocycles. The lowest BCUT2D eigenvalue weighted by Gasteiger charge is -2.23. The Hall–Kier alpha value is -2.44. The monoisotopic (exact) mass is 395 g/mol. The molecule has 0 radical (unpaired) electrons. The van der Waals surface area contributed by atoms with Crippen LogP contribution in [0.2, 0.25) is 10.0 Å².